The first-order valence-electron chi connectivity index (χ1n) is 6.27. The Balaban J connectivity index is 2.10. The highest BCUT2D eigenvalue weighted by Crippen LogP contribution is 2.25. The molecule has 1 aromatic rings. The van der Waals surface area contributed by atoms with Crippen molar-refractivity contribution < 1.29 is 9.90 Å². The van der Waals surface area contributed by atoms with Gasteiger partial charge in [0.25, 0.3) is 5.91 Å². The van der Waals surface area contributed by atoms with Crippen molar-refractivity contribution in [1.82, 2.24) is 4.90 Å². The second-order valence-electron chi connectivity index (χ2n) is 4.86. The van der Waals surface area contributed by atoms with Crippen LogP contribution in [0.1, 0.15) is 28.8 Å². The number of benzene rings is 1. The minimum atomic E-state index is -0.0794. The number of aryl methyl sites for hydroxylation is 1. The van der Waals surface area contributed by atoms with Gasteiger partial charge in [0.2, 0.25) is 0 Å². The van der Waals surface area contributed by atoms with Crippen molar-refractivity contribution in [3.8, 4) is 5.75 Å². The second-order valence-corrected chi connectivity index (χ2v) is 5.17. The average Bonchev–Trinajstić information content (AvgIpc) is 2.41. The van der Waals surface area contributed by atoms with E-state index in [4.69, 9.17) is 11.6 Å². The largest absolute Gasteiger partial charge is 0.507 e. The van der Waals surface area contributed by atoms with Crippen LogP contribution < -0.4 is 0 Å². The minimum absolute atomic E-state index is 0.0794. The van der Waals surface area contributed by atoms with E-state index in [1.54, 1.807) is 30.0 Å². The molecule has 2 rings (SSSR count). The number of carbonyl (C=O) groups excluding carboxylic acids is 1. The molecule has 0 bridgehead atoms. The number of para-hydroxylation sites is 1. The van der Waals surface area contributed by atoms with E-state index in [0.29, 0.717) is 17.4 Å². The molecule has 4 heteroatoms. The number of likely N-dealkylation sites (tertiary alicyclic amines) is 1. The van der Waals surface area contributed by atoms with Gasteiger partial charge in [0.05, 0.1) is 5.56 Å². The normalized spacial score (nSPS) is 16.9. The zero-order chi connectivity index (χ0) is 13.1. The Morgan fingerprint density at radius 3 is 2.72 bits per heavy atom. The average molecular weight is 268 g/mol. The Morgan fingerprint density at radius 1 is 1.44 bits per heavy atom. The summed E-state index contributed by atoms with van der Waals surface area (Å²) >= 11 is 5.83. The Bertz CT molecular complexity index is 439. The molecule has 18 heavy (non-hydrogen) atoms. The SMILES string of the molecule is Cc1cccc(C(=O)N2CCC(CCl)CC2)c1O. The summed E-state index contributed by atoms with van der Waals surface area (Å²) in [5.41, 5.74) is 1.14. The molecule has 1 fully saturated rings. The molecule has 1 aromatic carbocycles. The van der Waals surface area contributed by atoms with Crippen LogP contribution in [0.4, 0.5) is 0 Å². The molecule has 0 aromatic heterocycles. The smallest absolute Gasteiger partial charge is 0.257 e. The third kappa shape index (κ3) is 2.61. The van der Waals surface area contributed by atoms with Crippen LogP contribution in [0.15, 0.2) is 18.2 Å². The molecule has 3 nitrogen and oxygen atoms in total. The van der Waals surface area contributed by atoms with Gasteiger partial charge >= 0.3 is 0 Å². The molecule has 1 N–H and O–H groups in total. The molecular formula is C14H18ClNO2. The van der Waals surface area contributed by atoms with Crippen LogP contribution in [0.2, 0.25) is 0 Å². The summed E-state index contributed by atoms with van der Waals surface area (Å²) in [4.78, 5) is 14.1. The van der Waals surface area contributed by atoms with E-state index >= 15 is 0 Å². The highest BCUT2D eigenvalue weighted by molar-refractivity contribution is 6.18. The molecule has 1 amide bonds. The summed E-state index contributed by atoms with van der Waals surface area (Å²) < 4.78 is 0. The number of piperidine rings is 1. The lowest BCUT2D eigenvalue weighted by Crippen LogP contribution is -2.38. The van der Waals surface area contributed by atoms with Crippen LogP contribution in [-0.2, 0) is 0 Å². The molecule has 0 aliphatic carbocycles. The van der Waals surface area contributed by atoms with Gasteiger partial charge in [-0.1, -0.05) is 12.1 Å². The summed E-state index contributed by atoms with van der Waals surface area (Å²) in [5.74, 6) is 1.20. The second kappa shape index (κ2) is 5.61. The molecule has 0 spiro atoms. The Labute approximate surface area is 112 Å². The maximum absolute atomic E-state index is 12.3. The summed E-state index contributed by atoms with van der Waals surface area (Å²) in [6.07, 6.45) is 1.89. The molecular weight excluding hydrogens is 250 g/mol. The maximum Gasteiger partial charge on any atom is 0.257 e. The molecule has 98 valence electrons. The van der Waals surface area contributed by atoms with Crippen LogP contribution in [0.25, 0.3) is 0 Å². The lowest BCUT2D eigenvalue weighted by atomic mass is 9.98. The van der Waals surface area contributed by atoms with Gasteiger partial charge in [0.1, 0.15) is 5.75 Å². The number of hydrogen-bond acceptors (Lipinski definition) is 2. The fourth-order valence-corrected chi connectivity index (χ4v) is 2.60. The van der Waals surface area contributed by atoms with Gasteiger partial charge in [0.15, 0.2) is 0 Å². The van der Waals surface area contributed by atoms with Crippen molar-refractivity contribution in [2.45, 2.75) is 19.8 Å². The third-order valence-electron chi connectivity index (χ3n) is 3.59. The van der Waals surface area contributed by atoms with Gasteiger partial charge in [-0.3, -0.25) is 4.79 Å². The van der Waals surface area contributed by atoms with Crippen LogP contribution in [0.5, 0.6) is 5.75 Å². The highest BCUT2D eigenvalue weighted by atomic mass is 35.5. The molecule has 0 saturated carbocycles. The van der Waals surface area contributed by atoms with E-state index in [2.05, 4.69) is 0 Å². The Kier molecular flexibility index (Phi) is 4.12. The maximum atomic E-state index is 12.3. The number of rotatable bonds is 2. The standard InChI is InChI=1S/C14H18ClNO2/c1-10-3-2-4-12(13(10)17)14(18)16-7-5-11(9-15)6-8-16/h2-4,11,17H,5-9H2,1H3. The quantitative estimate of drug-likeness (QED) is 0.837. The number of hydrogen-bond donors (Lipinski definition) is 1. The van der Waals surface area contributed by atoms with Crippen molar-refractivity contribution >= 4 is 17.5 Å². The predicted octanol–water partition coefficient (Wildman–Crippen LogP) is 2.79. The van der Waals surface area contributed by atoms with E-state index < -0.39 is 0 Å². The molecule has 1 aliphatic rings. The first-order valence-corrected chi connectivity index (χ1v) is 6.80. The number of amides is 1. The summed E-state index contributed by atoms with van der Waals surface area (Å²) in [6.45, 7) is 3.25. The van der Waals surface area contributed by atoms with Crippen molar-refractivity contribution in [2.75, 3.05) is 19.0 Å². The lowest BCUT2D eigenvalue weighted by Gasteiger charge is -2.31. The van der Waals surface area contributed by atoms with Crippen LogP contribution in [0, 0.1) is 12.8 Å². The van der Waals surface area contributed by atoms with E-state index in [1.807, 2.05) is 0 Å². The van der Waals surface area contributed by atoms with Gasteiger partial charge in [-0.05, 0) is 37.3 Å². The van der Waals surface area contributed by atoms with Gasteiger partial charge in [-0.2, -0.15) is 0 Å². The molecule has 0 radical (unpaired) electrons. The molecule has 1 aliphatic heterocycles. The van der Waals surface area contributed by atoms with Crippen molar-refractivity contribution in [3.63, 3.8) is 0 Å². The molecule has 1 saturated heterocycles. The summed E-state index contributed by atoms with van der Waals surface area (Å²) in [7, 11) is 0. The number of halogens is 1. The minimum Gasteiger partial charge on any atom is -0.507 e. The highest BCUT2D eigenvalue weighted by Gasteiger charge is 2.24. The van der Waals surface area contributed by atoms with E-state index in [0.717, 1.165) is 31.5 Å². The first-order chi connectivity index (χ1) is 8.63. The number of aromatic hydroxyl groups is 1. The Morgan fingerprint density at radius 2 is 2.11 bits per heavy atom. The van der Waals surface area contributed by atoms with Crippen molar-refractivity contribution in [1.29, 1.82) is 0 Å². The summed E-state index contributed by atoms with van der Waals surface area (Å²) in [6, 6.07) is 5.28. The summed E-state index contributed by atoms with van der Waals surface area (Å²) in [5, 5.41) is 9.93. The van der Waals surface area contributed by atoms with E-state index in [-0.39, 0.29) is 11.7 Å². The number of phenols is 1. The predicted molar refractivity (Wildman–Crippen MR) is 72.2 cm³/mol. The van der Waals surface area contributed by atoms with Gasteiger partial charge in [0, 0.05) is 19.0 Å². The van der Waals surface area contributed by atoms with Gasteiger partial charge in [-0.25, -0.2) is 0 Å². The van der Waals surface area contributed by atoms with Gasteiger partial charge in [-0.15, -0.1) is 11.6 Å². The fourth-order valence-electron chi connectivity index (χ4n) is 2.29. The zero-order valence-corrected chi connectivity index (χ0v) is 11.3. The van der Waals surface area contributed by atoms with Crippen molar-refractivity contribution in [2.24, 2.45) is 5.92 Å². The fraction of sp³-hybridized carbons (Fsp3) is 0.500. The zero-order valence-electron chi connectivity index (χ0n) is 10.5. The van der Waals surface area contributed by atoms with Crippen LogP contribution in [-0.4, -0.2) is 34.9 Å². The number of nitrogens with zero attached hydrogens (tertiary/aromatic N) is 1. The monoisotopic (exact) mass is 267 g/mol. The third-order valence-corrected chi connectivity index (χ3v) is 4.02. The number of alkyl halides is 1. The number of carbonyl (C=O) groups is 1. The van der Waals surface area contributed by atoms with E-state index in [1.165, 1.54) is 0 Å². The first kappa shape index (κ1) is 13.2. The van der Waals surface area contributed by atoms with Crippen LogP contribution >= 0.6 is 11.6 Å². The van der Waals surface area contributed by atoms with Crippen molar-refractivity contribution in [3.05, 3.63) is 29.3 Å². The topological polar surface area (TPSA) is 40.5 Å². The van der Waals surface area contributed by atoms with Crippen LogP contribution in [0.3, 0.4) is 0 Å². The molecule has 0 atom stereocenters. The number of phenolic OH excluding ortho intramolecular Hbond substituents is 1. The Hall–Kier alpha value is -1.22. The molecule has 1 heterocycles. The lowest BCUT2D eigenvalue weighted by molar-refractivity contribution is 0.0695. The molecule has 0 unspecified atom stereocenters. The van der Waals surface area contributed by atoms with Gasteiger partial charge < -0.3 is 10.0 Å². The van der Waals surface area contributed by atoms with E-state index in [9.17, 15) is 9.90 Å².